The third-order valence-corrected chi connectivity index (χ3v) is 4.21. The lowest BCUT2D eigenvalue weighted by molar-refractivity contribution is -0.121. The molecule has 0 saturated heterocycles. The predicted octanol–water partition coefficient (Wildman–Crippen LogP) is 3.36. The van der Waals surface area contributed by atoms with Gasteiger partial charge in [0.05, 0.1) is 0 Å². The van der Waals surface area contributed by atoms with Crippen LogP contribution in [-0.2, 0) is 4.79 Å². The minimum atomic E-state index is -0.404. The summed E-state index contributed by atoms with van der Waals surface area (Å²) in [6, 6.07) is 16.2. The van der Waals surface area contributed by atoms with Crippen molar-refractivity contribution in [1.29, 1.82) is 0 Å². The first-order valence-electron chi connectivity index (χ1n) is 9.89. The Bertz CT molecular complexity index is 830. The molecular weight excluding hydrogens is 402 g/mol. The molecule has 0 bridgehead atoms. The summed E-state index contributed by atoms with van der Waals surface area (Å²) in [4.78, 5) is 24.0. The second-order valence-corrected chi connectivity index (χ2v) is 6.86. The predicted molar refractivity (Wildman–Crippen MR) is 119 cm³/mol. The van der Waals surface area contributed by atoms with Crippen molar-refractivity contribution < 1.29 is 19.1 Å². The van der Waals surface area contributed by atoms with Crippen LogP contribution in [0.5, 0.6) is 11.5 Å². The first-order valence-corrected chi connectivity index (χ1v) is 10.3. The van der Waals surface area contributed by atoms with Crippen LogP contribution in [0.4, 0.5) is 0 Å². The molecule has 2 aromatic carbocycles. The molecule has 0 spiro atoms. The van der Waals surface area contributed by atoms with Crippen LogP contribution in [0.25, 0.3) is 0 Å². The fourth-order valence-corrected chi connectivity index (χ4v) is 2.64. The highest BCUT2D eigenvalue weighted by Crippen LogP contribution is 2.14. The summed E-state index contributed by atoms with van der Waals surface area (Å²) in [6.45, 7) is 2.79. The molecule has 2 aromatic rings. The van der Waals surface area contributed by atoms with E-state index in [1.807, 2.05) is 30.3 Å². The number of benzene rings is 2. The van der Waals surface area contributed by atoms with Crippen molar-refractivity contribution in [1.82, 2.24) is 16.2 Å². The minimum absolute atomic E-state index is 0.0198. The third kappa shape index (κ3) is 8.91. The van der Waals surface area contributed by atoms with Crippen LogP contribution in [0, 0.1) is 0 Å². The zero-order chi connectivity index (χ0) is 21.6. The molecule has 0 aliphatic rings. The second kappa shape index (κ2) is 13.2. The maximum Gasteiger partial charge on any atom is 0.257 e. The van der Waals surface area contributed by atoms with Gasteiger partial charge in [0, 0.05) is 12.0 Å². The Kier molecular flexibility index (Phi) is 10.2. The van der Waals surface area contributed by atoms with Gasteiger partial charge in [-0.3, -0.25) is 25.8 Å². The Balaban J connectivity index is 1.72. The van der Waals surface area contributed by atoms with Crippen molar-refractivity contribution in [3.8, 4) is 11.5 Å². The zero-order valence-electron chi connectivity index (χ0n) is 17.0. The summed E-state index contributed by atoms with van der Waals surface area (Å²) in [5, 5.41) is 2.54. The summed E-state index contributed by atoms with van der Waals surface area (Å²) in [6.07, 6.45) is 3.25. The third-order valence-electron chi connectivity index (χ3n) is 4.01. The first-order chi connectivity index (χ1) is 14.6. The van der Waals surface area contributed by atoms with E-state index in [1.54, 1.807) is 24.3 Å². The van der Waals surface area contributed by atoms with E-state index in [-0.39, 0.29) is 11.0 Å². The number of amides is 2. The Morgan fingerprint density at radius 2 is 1.60 bits per heavy atom. The first kappa shape index (κ1) is 23.2. The van der Waals surface area contributed by atoms with E-state index in [9.17, 15) is 9.59 Å². The van der Waals surface area contributed by atoms with Crippen molar-refractivity contribution in [2.24, 2.45) is 0 Å². The summed E-state index contributed by atoms with van der Waals surface area (Å²) in [7, 11) is 0. The van der Waals surface area contributed by atoms with Gasteiger partial charge in [0.15, 0.2) is 5.11 Å². The number of hydrogen-bond donors (Lipinski definition) is 3. The quantitative estimate of drug-likeness (QED) is 0.305. The van der Waals surface area contributed by atoms with E-state index in [1.165, 1.54) is 0 Å². The van der Waals surface area contributed by atoms with Gasteiger partial charge in [0.25, 0.3) is 5.91 Å². The van der Waals surface area contributed by atoms with Crippen LogP contribution < -0.4 is 25.6 Å². The van der Waals surface area contributed by atoms with E-state index in [2.05, 4.69) is 23.1 Å². The van der Waals surface area contributed by atoms with Gasteiger partial charge in [-0.2, -0.15) is 0 Å². The van der Waals surface area contributed by atoms with Crippen molar-refractivity contribution >= 4 is 29.1 Å². The topological polar surface area (TPSA) is 88.7 Å². The molecule has 2 amide bonds. The molecule has 0 aromatic heterocycles. The van der Waals surface area contributed by atoms with Crippen molar-refractivity contribution in [2.45, 2.75) is 32.6 Å². The maximum atomic E-state index is 12.3. The lowest BCUT2D eigenvalue weighted by Crippen LogP contribution is -2.48. The number of carbonyl (C=O) groups is 2. The van der Waals surface area contributed by atoms with E-state index >= 15 is 0 Å². The lowest BCUT2D eigenvalue weighted by atomic mass is 10.2. The average molecular weight is 430 g/mol. The highest BCUT2D eigenvalue weighted by Gasteiger charge is 2.10. The number of hydrogen-bond acceptors (Lipinski definition) is 5. The number of unbranched alkanes of at least 4 members (excludes halogenated alkanes) is 2. The monoisotopic (exact) mass is 429 g/mol. The van der Waals surface area contributed by atoms with Gasteiger partial charge in [-0.15, -0.1) is 0 Å². The fourth-order valence-electron chi connectivity index (χ4n) is 2.49. The highest BCUT2D eigenvalue weighted by molar-refractivity contribution is 7.80. The van der Waals surface area contributed by atoms with Crippen LogP contribution in [0.3, 0.4) is 0 Å². The summed E-state index contributed by atoms with van der Waals surface area (Å²) >= 11 is 5.04. The van der Waals surface area contributed by atoms with Crippen LogP contribution in [0.1, 0.15) is 43.0 Å². The fraction of sp³-hybridized carbons (Fsp3) is 0.318. The highest BCUT2D eigenvalue weighted by atomic mass is 32.1. The minimum Gasteiger partial charge on any atom is -0.490 e. The SMILES string of the molecule is CCCCCC(=O)NNC(=S)NC(=O)c1cccc(OCCOc2ccccc2)c1. The number of hydrazine groups is 1. The molecule has 8 heteroatoms. The standard InChI is InChI=1S/C22H27N3O4S/c1-2-3-5-13-20(26)24-25-22(30)23-21(27)17-9-8-12-19(16-17)29-15-14-28-18-10-6-4-7-11-18/h4,6-12,16H,2-3,5,13-15H2,1H3,(H,24,26)(H2,23,25,27,30). The van der Waals surface area contributed by atoms with Crippen molar-refractivity contribution in [3.05, 3.63) is 60.2 Å². The number of rotatable bonds is 10. The van der Waals surface area contributed by atoms with Crippen molar-refractivity contribution in [3.63, 3.8) is 0 Å². The molecule has 2 rings (SSSR count). The molecule has 0 radical (unpaired) electrons. The molecule has 0 fully saturated rings. The Morgan fingerprint density at radius 1 is 0.900 bits per heavy atom. The number of ether oxygens (including phenoxy) is 2. The van der Waals surface area contributed by atoms with Crippen LogP contribution in [0.15, 0.2) is 54.6 Å². The maximum absolute atomic E-state index is 12.3. The normalized spacial score (nSPS) is 10.0. The van der Waals surface area contributed by atoms with E-state index in [0.29, 0.717) is 30.9 Å². The summed E-state index contributed by atoms with van der Waals surface area (Å²) in [5.41, 5.74) is 5.39. The molecule has 7 nitrogen and oxygen atoms in total. The van der Waals surface area contributed by atoms with Crippen molar-refractivity contribution in [2.75, 3.05) is 13.2 Å². The lowest BCUT2D eigenvalue weighted by Gasteiger charge is -2.12. The van der Waals surface area contributed by atoms with Gasteiger partial charge in [-0.25, -0.2) is 0 Å². The molecule has 0 aliphatic heterocycles. The molecule has 160 valence electrons. The number of thiocarbonyl (C=S) groups is 1. The van der Waals surface area contributed by atoms with Gasteiger partial charge in [0.1, 0.15) is 24.7 Å². The molecular formula is C22H27N3O4S. The van der Waals surface area contributed by atoms with E-state index < -0.39 is 5.91 Å². The number of nitrogens with one attached hydrogen (secondary N) is 3. The van der Waals surface area contributed by atoms with Gasteiger partial charge >= 0.3 is 0 Å². The van der Waals surface area contributed by atoms with Gasteiger partial charge in [0.2, 0.25) is 5.91 Å². The van der Waals surface area contributed by atoms with E-state index in [0.717, 1.165) is 25.0 Å². The smallest absolute Gasteiger partial charge is 0.257 e. The van der Waals surface area contributed by atoms with E-state index in [4.69, 9.17) is 21.7 Å². The second-order valence-electron chi connectivity index (χ2n) is 6.45. The zero-order valence-corrected chi connectivity index (χ0v) is 17.8. The van der Waals surface area contributed by atoms with Crippen LogP contribution in [0.2, 0.25) is 0 Å². The van der Waals surface area contributed by atoms with Gasteiger partial charge in [-0.05, 0) is 49.0 Å². The molecule has 0 heterocycles. The van der Waals surface area contributed by atoms with Gasteiger partial charge in [-0.1, -0.05) is 44.0 Å². The Morgan fingerprint density at radius 3 is 2.33 bits per heavy atom. The molecule has 30 heavy (non-hydrogen) atoms. The molecule has 0 saturated carbocycles. The average Bonchev–Trinajstić information content (AvgIpc) is 2.76. The molecule has 0 unspecified atom stereocenters. The Hall–Kier alpha value is -3.13. The number of para-hydroxylation sites is 1. The van der Waals surface area contributed by atoms with Gasteiger partial charge < -0.3 is 9.47 Å². The largest absolute Gasteiger partial charge is 0.490 e. The van der Waals surface area contributed by atoms with Crippen LogP contribution in [-0.4, -0.2) is 30.1 Å². The molecule has 0 atom stereocenters. The molecule has 0 aliphatic carbocycles. The molecule has 3 N–H and O–H groups in total. The van der Waals surface area contributed by atoms with Crippen LogP contribution >= 0.6 is 12.2 Å². The number of carbonyl (C=O) groups excluding carboxylic acids is 2. The summed E-state index contributed by atoms with van der Waals surface area (Å²) in [5.74, 6) is 0.738. The summed E-state index contributed by atoms with van der Waals surface area (Å²) < 4.78 is 11.2. The Labute approximate surface area is 182 Å².